The second-order valence-corrected chi connectivity index (χ2v) is 9.26. The van der Waals surface area contributed by atoms with E-state index in [0.29, 0.717) is 36.9 Å². The van der Waals surface area contributed by atoms with Crippen LogP contribution < -0.4 is 14.8 Å². The van der Waals surface area contributed by atoms with Gasteiger partial charge in [-0.05, 0) is 47.7 Å². The van der Waals surface area contributed by atoms with E-state index in [-0.39, 0.29) is 11.8 Å². The maximum atomic E-state index is 13.3. The molecular weight excluding hydrogens is 436 g/mol. The van der Waals surface area contributed by atoms with E-state index in [9.17, 15) is 9.59 Å². The number of ether oxygens (including phenoxy) is 2. The number of nitrogens with zero attached hydrogens (tertiary/aromatic N) is 1. The maximum absolute atomic E-state index is 13.3. The molecular formula is C26H36N2O4S. The number of methoxy groups -OCH3 is 2. The SMILES string of the molecule is CC[C@H](C(=O)NCC(C)C)N(Cc1cccc(OC)c1)C(=O)CSCc1ccc(OC)cc1. The highest BCUT2D eigenvalue weighted by Crippen LogP contribution is 2.20. The number of rotatable bonds is 13. The fourth-order valence-corrected chi connectivity index (χ4v) is 4.24. The minimum atomic E-state index is -0.524. The fraction of sp³-hybridized carbons (Fsp3) is 0.462. The fourth-order valence-electron chi connectivity index (χ4n) is 3.37. The topological polar surface area (TPSA) is 67.9 Å². The Balaban J connectivity index is 2.12. The molecule has 180 valence electrons. The van der Waals surface area contributed by atoms with E-state index in [1.165, 1.54) is 0 Å². The first-order valence-electron chi connectivity index (χ1n) is 11.3. The average Bonchev–Trinajstić information content (AvgIpc) is 2.83. The van der Waals surface area contributed by atoms with Crippen LogP contribution >= 0.6 is 11.8 Å². The van der Waals surface area contributed by atoms with E-state index in [2.05, 4.69) is 19.2 Å². The van der Waals surface area contributed by atoms with Crippen LogP contribution in [-0.4, -0.2) is 49.3 Å². The largest absolute Gasteiger partial charge is 0.497 e. The normalized spacial score (nSPS) is 11.7. The van der Waals surface area contributed by atoms with Crippen molar-refractivity contribution < 1.29 is 19.1 Å². The van der Waals surface area contributed by atoms with Crippen LogP contribution in [0.5, 0.6) is 11.5 Å². The Morgan fingerprint density at radius 1 is 1.00 bits per heavy atom. The smallest absolute Gasteiger partial charge is 0.242 e. The van der Waals surface area contributed by atoms with Crippen molar-refractivity contribution in [2.24, 2.45) is 5.92 Å². The van der Waals surface area contributed by atoms with Gasteiger partial charge >= 0.3 is 0 Å². The van der Waals surface area contributed by atoms with Crippen molar-refractivity contribution in [2.75, 3.05) is 26.5 Å². The van der Waals surface area contributed by atoms with Gasteiger partial charge in [0.25, 0.3) is 0 Å². The first-order valence-corrected chi connectivity index (χ1v) is 12.4. The third-order valence-electron chi connectivity index (χ3n) is 5.21. The Morgan fingerprint density at radius 2 is 1.70 bits per heavy atom. The molecule has 0 saturated carbocycles. The zero-order valence-electron chi connectivity index (χ0n) is 20.3. The molecule has 0 bridgehead atoms. The summed E-state index contributed by atoms with van der Waals surface area (Å²) < 4.78 is 10.5. The molecule has 0 heterocycles. The Bertz CT molecular complexity index is 886. The Morgan fingerprint density at radius 3 is 2.30 bits per heavy atom. The van der Waals surface area contributed by atoms with Gasteiger partial charge < -0.3 is 19.7 Å². The van der Waals surface area contributed by atoms with E-state index < -0.39 is 6.04 Å². The van der Waals surface area contributed by atoms with Crippen LogP contribution in [0.2, 0.25) is 0 Å². The van der Waals surface area contributed by atoms with Crippen molar-refractivity contribution >= 4 is 23.6 Å². The summed E-state index contributed by atoms with van der Waals surface area (Å²) in [6.45, 7) is 6.98. The third kappa shape index (κ3) is 8.65. The van der Waals surface area contributed by atoms with Crippen molar-refractivity contribution in [1.29, 1.82) is 0 Å². The highest BCUT2D eigenvalue weighted by atomic mass is 32.2. The summed E-state index contributed by atoms with van der Waals surface area (Å²) in [5.74, 6) is 2.72. The minimum absolute atomic E-state index is 0.0529. The number of thioether (sulfide) groups is 1. The molecule has 6 nitrogen and oxygen atoms in total. The second kappa shape index (κ2) is 13.8. The summed E-state index contributed by atoms with van der Waals surface area (Å²) in [5, 5.41) is 2.99. The number of nitrogens with one attached hydrogen (secondary N) is 1. The van der Waals surface area contributed by atoms with Gasteiger partial charge in [0.15, 0.2) is 0 Å². The van der Waals surface area contributed by atoms with Crippen molar-refractivity contribution in [3.8, 4) is 11.5 Å². The number of amides is 2. The first-order chi connectivity index (χ1) is 15.9. The van der Waals surface area contributed by atoms with Gasteiger partial charge in [-0.2, -0.15) is 0 Å². The number of carbonyl (C=O) groups excluding carboxylic acids is 2. The summed E-state index contributed by atoms with van der Waals surface area (Å²) in [5.41, 5.74) is 2.05. The number of hydrogen-bond acceptors (Lipinski definition) is 5. The van der Waals surface area contributed by atoms with Gasteiger partial charge in [-0.25, -0.2) is 0 Å². The van der Waals surface area contributed by atoms with Gasteiger partial charge in [0.2, 0.25) is 11.8 Å². The molecule has 2 aromatic rings. The predicted molar refractivity (Wildman–Crippen MR) is 135 cm³/mol. The van der Waals surface area contributed by atoms with Crippen LogP contribution in [0.4, 0.5) is 0 Å². The van der Waals surface area contributed by atoms with Gasteiger partial charge in [-0.1, -0.05) is 45.0 Å². The zero-order valence-corrected chi connectivity index (χ0v) is 21.1. The van der Waals surface area contributed by atoms with E-state index >= 15 is 0 Å². The number of hydrogen-bond donors (Lipinski definition) is 1. The van der Waals surface area contributed by atoms with Crippen LogP contribution in [0.1, 0.15) is 38.3 Å². The molecule has 0 aliphatic rings. The molecule has 0 aliphatic heterocycles. The molecule has 2 amide bonds. The van der Waals surface area contributed by atoms with Gasteiger partial charge in [0, 0.05) is 18.8 Å². The summed E-state index contributed by atoms with van der Waals surface area (Å²) >= 11 is 1.54. The van der Waals surface area contributed by atoms with E-state index in [1.807, 2.05) is 55.5 Å². The third-order valence-corrected chi connectivity index (χ3v) is 6.20. The molecule has 0 spiro atoms. The average molecular weight is 473 g/mol. The highest BCUT2D eigenvalue weighted by Gasteiger charge is 2.28. The molecule has 0 unspecified atom stereocenters. The Hall–Kier alpha value is -2.67. The summed E-state index contributed by atoms with van der Waals surface area (Å²) in [6, 6.07) is 14.9. The molecule has 0 saturated heterocycles. The van der Waals surface area contributed by atoms with Crippen LogP contribution in [0, 0.1) is 5.92 Å². The standard InChI is InChI=1S/C26H36N2O4S/c1-6-24(26(30)27-15-19(2)3)28(16-21-8-7-9-23(14-21)32-5)25(29)18-33-17-20-10-12-22(31-4)13-11-20/h7-14,19,24H,6,15-18H2,1-5H3,(H,27,30)/t24-/m1/s1. The van der Waals surface area contributed by atoms with Crippen molar-refractivity contribution in [3.63, 3.8) is 0 Å². The lowest BCUT2D eigenvalue weighted by Crippen LogP contribution is -2.50. The van der Waals surface area contributed by atoms with Crippen LogP contribution in [0.3, 0.4) is 0 Å². The molecule has 1 N–H and O–H groups in total. The van der Waals surface area contributed by atoms with Crippen LogP contribution in [0.25, 0.3) is 0 Å². The highest BCUT2D eigenvalue weighted by molar-refractivity contribution is 7.99. The van der Waals surface area contributed by atoms with Crippen LogP contribution in [0.15, 0.2) is 48.5 Å². The first kappa shape index (κ1) is 26.6. The molecule has 1 atom stereocenters. The summed E-state index contributed by atoms with van der Waals surface area (Å²) in [6.07, 6.45) is 0.544. The molecule has 2 rings (SSSR count). The molecule has 33 heavy (non-hydrogen) atoms. The lowest BCUT2D eigenvalue weighted by molar-refractivity contribution is -0.139. The monoisotopic (exact) mass is 472 g/mol. The predicted octanol–water partition coefficient (Wildman–Crippen LogP) is 4.52. The molecule has 2 aromatic carbocycles. The van der Waals surface area contributed by atoms with Crippen LogP contribution in [-0.2, 0) is 21.9 Å². The lowest BCUT2D eigenvalue weighted by Gasteiger charge is -2.31. The summed E-state index contributed by atoms with van der Waals surface area (Å²) in [4.78, 5) is 28.0. The number of carbonyl (C=O) groups is 2. The zero-order chi connectivity index (χ0) is 24.2. The van der Waals surface area contributed by atoms with E-state index in [1.54, 1.807) is 30.9 Å². The summed E-state index contributed by atoms with van der Waals surface area (Å²) in [7, 11) is 3.26. The Labute approximate surface area is 202 Å². The van der Waals surface area contributed by atoms with Crippen molar-refractivity contribution in [1.82, 2.24) is 10.2 Å². The van der Waals surface area contributed by atoms with E-state index in [4.69, 9.17) is 9.47 Å². The minimum Gasteiger partial charge on any atom is -0.497 e. The second-order valence-electron chi connectivity index (χ2n) is 8.28. The lowest BCUT2D eigenvalue weighted by atomic mass is 10.1. The Kier molecular flexibility index (Phi) is 11.1. The molecule has 7 heteroatoms. The quantitative estimate of drug-likeness (QED) is 0.464. The van der Waals surface area contributed by atoms with Crippen molar-refractivity contribution in [2.45, 2.75) is 45.5 Å². The maximum Gasteiger partial charge on any atom is 0.242 e. The molecule has 0 fully saturated rings. The van der Waals surface area contributed by atoms with Gasteiger partial charge in [0.05, 0.1) is 20.0 Å². The molecule has 0 radical (unpaired) electrons. The van der Waals surface area contributed by atoms with Gasteiger partial charge in [0.1, 0.15) is 17.5 Å². The van der Waals surface area contributed by atoms with E-state index in [0.717, 1.165) is 22.6 Å². The van der Waals surface area contributed by atoms with Gasteiger partial charge in [-0.3, -0.25) is 9.59 Å². The van der Waals surface area contributed by atoms with Gasteiger partial charge in [-0.15, -0.1) is 11.8 Å². The molecule has 0 aromatic heterocycles. The number of benzene rings is 2. The molecule has 0 aliphatic carbocycles. The van der Waals surface area contributed by atoms with Crippen molar-refractivity contribution in [3.05, 3.63) is 59.7 Å².